The van der Waals surface area contributed by atoms with E-state index in [1.54, 1.807) is 11.8 Å². The third kappa shape index (κ3) is 4.37. The largest absolute Gasteiger partial charge is 0.481 e. The van der Waals surface area contributed by atoms with Crippen molar-refractivity contribution in [3.8, 4) is 5.75 Å². The van der Waals surface area contributed by atoms with Crippen molar-refractivity contribution in [1.29, 1.82) is 0 Å². The van der Waals surface area contributed by atoms with Gasteiger partial charge in [-0.05, 0) is 67.7 Å². The van der Waals surface area contributed by atoms with Crippen molar-refractivity contribution >= 4 is 23.4 Å². The second-order valence-corrected chi connectivity index (χ2v) is 7.59. The highest BCUT2D eigenvalue weighted by atomic mass is 32.2. The lowest BCUT2D eigenvalue weighted by Gasteiger charge is -2.22. The van der Waals surface area contributed by atoms with Gasteiger partial charge >= 0.3 is 0 Å². The Balaban J connectivity index is 1.70. The van der Waals surface area contributed by atoms with Crippen LogP contribution in [-0.2, 0) is 17.6 Å². The molecule has 0 heterocycles. The number of carbonyl (C=O) groups is 1. The maximum Gasteiger partial charge on any atom is 0.265 e. The lowest BCUT2D eigenvalue weighted by Crippen LogP contribution is -2.30. The van der Waals surface area contributed by atoms with Crippen LogP contribution in [0.15, 0.2) is 47.4 Å². The number of thioether (sulfide) groups is 1. The predicted molar refractivity (Wildman–Crippen MR) is 105 cm³/mol. The zero-order valence-corrected chi connectivity index (χ0v) is 15.7. The Kier molecular flexibility index (Phi) is 6.03. The molecule has 2 aromatic carbocycles. The highest BCUT2D eigenvalue weighted by Gasteiger charge is 2.20. The summed E-state index contributed by atoms with van der Waals surface area (Å²) in [6.45, 7) is 3.92. The first-order valence-electron chi connectivity index (χ1n) is 8.99. The maximum absolute atomic E-state index is 12.6. The zero-order chi connectivity index (χ0) is 17.6. The van der Waals surface area contributed by atoms with Gasteiger partial charge in [0.05, 0.1) is 5.69 Å². The van der Waals surface area contributed by atoms with Crippen LogP contribution in [0.25, 0.3) is 0 Å². The smallest absolute Gasteiger partial charge is 0.265 e. The van der Waals surface area contributed by atoms with E-state index < -0.39 is 6.10 Å². The molecule has 0 aliphatic heterocycles. The first-order valence-corrected chi connectivity index (χ1v) is 9.97. The number of fused-ring (bicyclic) bond motifs is 1. The third-order valence-corrected chi connectivity index (χ3v) is 5.43. The van der Waals surface area contributed by atoms with Crippen molar-refractivity contribution < 1.29 is 9.53 Å². The Labute approximate surface area is 154 Å². The predicted octanol–water partition coefficient (Wildman–Crippen LogP) is 5.08. The van der Waals surface area contributed by atoms with E-state index in [9.17, 15) is 4.79 Å². The molecule has 0 saturated heterocycles. The number of carbonyl (C=O) groups excluding carboxylic acids is 1. The fraction of sp³-hybridized carbons (Fsp3) is 0.381. The molecule has 0 spiro atoms. The summed E-state index contributed by atoms with van der Waals surface area (Å²) in [7, 11) is 0. The first kappa shape index (κ1) is 17.9. The van der Waals surface area contributed by atoms with E-state index in [1.165, 1.54) is 24.0 Å². The van der Waals surface area contributed by atoms with Crippen LogP contribution in [-0.4, -0.2) is 17.8 Å². The number of rotatable bonds is 6. The number of ether oxygens (including phenoxy) is 1. The Morgan fingerprint density at radius 3 is 2.80 bits per heavy atom. The molecule has 0 radical (unpaired) electrons. The number of amides is 1. The topological polar surface area (TPSA) is 38.3 Å². The minimum absolute atomic E-state index is 0.113. The van der Waals surface area contributed by atoms with Crippen molar-refractivity contribution in [3.63, 3.8) is 0 Å². The molecule has 1 aliphatic carbocycles. The molecule has 1 amide bonds. The maximum atomic E-state index is 12.6. The average Bonchev–Trinajstić information content (AvgIpc) is 2.64. The van der Waals surface area contributed by atoms with Crippen molar-refractivity contribution in [2.75, 3.05) is 11.1 Å². The number of aryl methyl sites for hydroxylation is 1. The summed E-state index contributed by atoms with van der Waals surface area (Å²) in [5, 5.41) is 3.01. The Bertz CT molecular complexity index is 744. The van der Waals surface area contributed by atoms with Gasteiger partial charge < -0.3 is 10.1 Å². The van der Waals surface area contributed by atoms with Gasteiger partial charge in [0, 0.05) is 4.90 Å². The van der Waals surface area contributed by atoms with E-state index in [2.05, 4.69) is 18.3 Å². The first-order chi connectivity index (χ1) is 12.2. The number of para-hydroxylation sites is 1. The van der Waals surface area contributed by atoms with Crippen LogP contribution in [0.3, 0.4) is 0 Å². The second kappa shape index (κ2) is 8.43. The summed E-state index contributed by atoms with van der Waals surface area (Å²) in [5.74, 6) is 1.71. The summed E-state index contributed by atoms with van der Waals surface area (Å²) in [4.78, 5) is 13.7. The van der Waals surface area contributed by atoms with E-state index in [4.69, 9.17) is 4.74 Å². The molecule has 132 valence electrons. The van der Waals surface area contributed by atoms with Crippen LogP contribution < -0.4 is 10.1 Å². The molecule has 1 atom stereocenters. The van der Waals surface area contributed by atoms with Gasteiger partial charge in [-0.2, -0.15) is 0 Å². The monoisotopic (exact) mass is 355 g/mol. The molecular formula is C21H25NO2S. The molecule has 3 nitrogen and oxygen atoms in total. The number of nitrogens with one attached hydrogen (secondary N) is 1. The Hall–Kier alpha value is -1.94. The normalized spacial score (nSPS) is 14.5. The van der Waals surface area contributed by atoms with Crippen molar-refractivity contribution in [3.05, 3.63) is 53.6 Å². The van der Waals surface area contributed by atoms with Gasteiger partial charge in [-0.3, -0.25) is 4.79 Å². The lowest BCUT2D eigenvalue weighted by molar-refractivity contribution is -0.122. The van der Waals surface area contributed by atoms with Gasteiger partial charge in [-0.15, -0.1) is 11.8 Å². The third-order valence-electron chi connectivity index (χ3n) is 4.47. The molecule has 1 aliphatic rings. The van der Waals surface area contributed by atoms with Crippen LogP contribution in [0, 0.1) is 0 Å². The second-order valence-electron chi connectivity index (χ2n) is 6.28. The van der Waals surface area contributed by atoms with Crippen LogP contribution in [0.4, 0.5) is 5.69 Å². The van der Waals surface area contributed by atoms with E-state index in [0.717, 1.165) is 34.9 Å². The van der Waals surface area contributed by atoms with Crippen LogP contribution in [0.5, 0.6) is 5.75 Å². The molecule has 2 aromatic rings. The fourth-order valence-electron chi connectivity index (χ4n) is 3.19. The summed E-state index contributed by atoms with van der Waals surface area (Å²) < 4.78 is 6.03. The van der Waals surface area contributed by atoms with E-state index in [0.29, 0.717) is 0 Å². The van der Waals surface area contributed by atoms with Crippen molar-refractivity contribution in [2.45, 2.75) is 50.5 Å². The molecule has 25 heavy (non-hydrogen) atoms. The van der Waals surface area contributed by atoms with Gasteiger partial charge in [-0.25, -0.2) is 0 Å². The average molecular weight is 356 g/mol. The summed E-state index contributed by atoms with van der Waals surface area (Å²) in [6.07, 6.45) is 4.03. The van der Waals surface area contributed by atoms with Crippen molar-refractivity contribution in [1.82, 2.24) is 0 Å². The van der Waals surface area contributed by atoms with E-state index in [1.807, 2.05) is 43.3 Å². The molecule has 4 heteroatoms. The zero-order valence-electron chi connectivity index (χ0n) is 14.9. The highest BCUT2D eigenvalue weighted by molar-refractivity contribution is 7.99. The van der Waals surface area contributed by atoms with Crippen LogP contribution in [0.1, 0.15) is 37.8 Å². The van der Waals surface area contributed by atoms with Crippen LogP contribution >= 0.6 is 11.8 Å². The fourth-order valence-corrected chi connectivity index (χ4v) is 3.95. The summed E-state index contributed by atoms with van der Waals surface area (Å²) in [6, 6.07) is 14.1. The van der Waals surface area contributed by atoms with Gasteiger partial charge in [0.25, 0.3) is 5.91 Å². The molecule has 0 saturated carbocycles. The molecule has 0 fully saturated rings. The summed E-state index contributed by atoms with van der Waals surface area (Å²) in [5.41, 5.74) is 3.49. The molecule has 0 unspecified atom stereocenters. The minimum atomic E-state index is -0.534. The van der Waals surface area contributed by atoms with Crippen LogP contribution in [0.2, 0.25) is 0 Å². The number of benzene rings is 2. The molecule has 0 aromatic heterocycles. The lowest BCUT2D eigenvalue weighted by atomic mass is 9.91. The molecular weight excluding hydrogens is 330 g/mol. The quantitative estimate of drug-likeness (QED) is 0.734. The number of anilines is 1. The minimum Gasteiger partial charge on any atom is -0.481 e. The standard InChI is InChI=1S/C21H25NO2S/c1-3-25-20-14-7-6-12-18(20)22-21(23)15(2)24-19-13-8-10-16-9-4-5-11-17(16)19/h6-8,10,12-15H,3-5,9,11H2,1-2H3,(H,22,23)/t15-/m0/s1. The molecule has 1 N–H and O–H groups in total. The summed E-state index contributed by atoms with van der Waals surface area (Å²) >= 11 is 1.72. The SMILES string of the molecule is CCSc1ccccc1NC(=O)[C@H](C)Oc1cccc2c1CCCC2. The van der Waals surface area contributed by atoms with Gasteiger partial charge in [0.2, 0.25) is 0 Å². The molecule has 0 bridgehead atoms. The van der Waals surface area contributed by atoms with E-state index in [-0.39, 0.29) is 5.91 Å². The Morgan fingerprint density at radius 2 is 1.96 bits per heavy atom. The number of hydrogen-bond donors (Lipinski definition) is 1. The molecule has 3 rings (SSSR count). The number of hydrogen-bond acceptors (Lipinski definition) is 3. The van der Waals surface area contributed by atoms with Crippen molar-refractivity contribution in [2.24, 2.45) is 0 Å². The van der Waals surface area contributed by atoms with Gasteiger partial charge in [-0.1, -0.05) is 31.2 Å². The Morgan fingerprint density at radius 1 is 1.16 bits per heavy atom. The highest BCUT2D eigenvalue weighted by Crippen LogP contribution is 2.31. The van der Waals surface area contributed by atoms with E-state index >= 15 is 0 Å². The van der Waals surface area contributed by atoms with Gasteiger partial charge in [0.15, 0.2) is 6.10 Å². The van der Waals surface area contributed by atoms with Gasteiger partial charge in [0.1, 0.15) is 5.75 Å².